The average Bonchev–Trinajstić information content (AvgIpc) is 2.90. The number of alkyl carbamates (subject to hydrolysis) is 1. The van der Waals surface area contributed by atoms with E-state index in [1.165, 1.54) is 7.05 Å². The molecule has 236 valence electrons. The number of hydrogen-bond donors (Lipinski definition) is 3. The molecule has 4 N–H and O–H groups in total. The molecule has 0 aliphatic carbocycles. The number of likely N-dealkylation sites (N-methyl/N-ethyl adjacent to an activating group) is 1. The van der Waals surface area contributed by atoms with Crippen molar-refractivity contribution in [1.82, 2.24) is 15.5 Å². The smallest absolute Gasteiger partial charge is 0.408 e. The topological polar surface area (TPSA) is 157 Å². The quantitative estimate of drug-likeness (QED) is 0.262. The van der Waals surface area contributed by atoms with Gasteiger partial charge in [-0.15, -0.1) is 6.42 Å². The van der Waals surface area contributed by atoms with Crippen molar-refractivity contribution >= 4 is 29.8 Å². The third-order valence-corrected chi connectivity index (χ3v) is 6.08. The summed E-state index contributed by atoms with van der Waals surface area (Å²) in [6.45, 7) is 10.0. The van der Waals surface area contributed by atoms with Crippen LogP contribution in [0.25, 0.3) is 0 Å². The Labute approximate surface area is 258 Å². The maximum atomic E-state index is 14.1. The number of carbonyl (C=O) groups excluding carboxylic acids is 5. The maximum Gasteiger partial charge on any atom is 0.408 e. The predicted molar refractivity (Wildman–Crippen MR) is 165 cm³/mol. The normalized spacial score (nSPS) is 13.3. The van der Waals surface area contributed by atoms with Crippen LogP contribution in [0.2, 0.25) is 0 Å². The van der Waals surface area contributed by atoms with Crippen molar-refractivity contribution in [2.24, 2.45) is 5.73 Å². The maximum absolute atomic E-state index is 14.1. The van der Waals surface area contributed by atoms with E-state index < -0.39 is 65.5 Å². The van der Waals surface area contributed by atoms with Crippen molar-refractivity contribution in [3.05, 3.63) is 71.3 Å². The van der Waals surface area contributed by atoms with Gasteiger partial charge in [0.05, 0.1) is 6.42 Å². The van der Waals surface area contributed by atoms with Gasteiger partial charge in [-0.2, -0.15) is 0 Å². The molecular weight excluding hydrogens is 564 g/mol. The Bertz CT molecular complexity index is 1390. The van der Waals surface area contributed by atoms with Gasteiger partial charge in [0.25, 0.3) is 0 Å². The summed E-state index contributed by atoms with van der Waals surface area (Å²) in [5.41, 5.74) is 5.02. The first kappa shape index (κ1) is 35.3. The van der Waals surface area contributed by atoms with E-state index in [4.69, 9.17) is 21.6 Å². The average molecular weight is 607 g/mol. The Morgan fingerprint density at radius 1 is 0.864 bits per heavy atom. The summed E-state index contributed by atoms with van der Waals surface area (Å²) in [6.07, 6.45) is 4.32. The molecule has 0 radical (unpaired) electrons. The molecule has 0 heterocycles. The van der Waals surface area contributed by atoms with Crippen LogP contribution in [0.5, 0.6) is 0 Å². The molecule has 0 aliphatic heterocycles. The first-order valence-corrected chi connectivity index (χ1v) is 14.1. The van der Waals surface area contributed by atoms with Crippen LogP contribution < -0.4 is 16.4 Å². The van der Waals surface area contributed by atoms with Crippen LogP contribution in [0, 0.1) is 12.3 Å². The third kappa shape index (κ3) is 11.1. The lowest BCUT2D eigenvalue weighted by molar-refractivity contribution is -0.159. The second-order valence-electron chi connectivity index (χ2n) is 12.2. The molecule has 4 amide bonds. The van der Waals surface area contributed by atoms with Gasteiger partial charge in [-0.3, -0.25) is 14.4 Å². The lowest BCUT2D eigenvalue weighted by Crippen LogP contribution is -2.54. The Kier molecular flexibility index (Phi) is 12.1. The van der Waals surface area contributed by atoms with Gasteiger partial charge in [-0.1, -0.05) is 54.5 Å². The van der Waals surface area contributed by atoms with E-state index in [2.05, 4.69) is 16.6 Å². The number of amides is 4. The van der Waals surface area contributed by atoms with Gasteiger partial charge in [0.1, 0.15) is 29.3 Å². The second kappa shape index (κ2) is 15.0. The number of benzene rings is 2. The molecule has 3 atom stereocenters. The van der Waals surface area contributed by atoms with E-state index in [-0.39, 0.29) is 12.0 Å². The first-order chi connectivity index (χ1) is 20.4. The van der Waals surface area contributed by atoms with Crippen molar-refractivity contribution in [1.29, 1.82) is 0 Å². The SMILES string of the molecule is C#Cc1ccccc1C(C(=O)NC(Cc1ccccc1)C(=O)OC(C)(C)C)N(C)C(=O)C(CC(N)=O)NC(=O)OC(C)(C)C. The van der Waals surface area contributed by atoms with Gasteiger partial charge >= 0.3 is 12.1 Å². The number of terminal acetylenes is 1. The second-order valence-corrected chi connectivity index (χ2v) is 12.2. The lowest BCUT2D eigenvalue weighted by atomic mass is 9.97. The standard InChI is InChI=1S/C33H42N4O7/c1-9-22-17-13-14-18-23(22)27(37(8)29(40)24(20-26(34)38)36-31(42)44-33(5,6)7)28(39)35-25(30(41)43-32(2,3)4)19-21-15-11-10-12-16-21/h1,10-18,24-25,27H,19-20H2,2-8H3,(H2,34,38)(H,35,39)(H,36,42). The summed E-state index contributed by atoms with van der Waals surface area (Å²) in [4.78, 5) is 66.7. The van der Waals surface area contributed by atoms with Gasteiger partial charge in [-0.25, -0.2) is 9.59 Å². The van der Waals surface area contributed by atoms with Crippen LogP contribution in [0.1, 0.15) is 70.7 Å². The van der Waals surface area contributed by atoms with Crippen LogP contribution in [0.3, 0.4) is 0 Å². The zero-order valence-electron chi connectivity index (χ0n) is 26.3. The predicted octanol–water partition coefficient (Wildman–Crippen LogP) is 3.01. The highest BCUT2D eigenvalue weighted by molar-refractivity contribution is 5.95. The number of esters is 1. The zero-order chi connectivity index (χ0) is 33.2. The minimum Gasteiger partial charge on any atom is -0.458 e. The van der Waals surface area contributed by atoms with E-state index >= 15 is 0 Å². The zero-order valence-corrected chi connectivity index (χ0v) is 26.3. The summed E-state index contributed by atoms with van der Waals surface area (Å²) in [5, 5.41) is 5.12. The van der Waals surface area contributed by atoms with E-state index in [1.807, 2.05) is 6.07 Å². The largest absolute Gasteiger partial charge is 0.458 e. The molecule has 0 aromatic heterocycles. The Morgan fingerprint density at radius 2 is 1.43 bits per heavy atom. The third-order valence-electron chi connectivity index (χ3n) is 6.08. The summed E-state index contributed by atoms with van der Waals surface area (Å²) in [6, 6.07) is 11.6. The van der Waals surface area contributed by atoms with Gasteiger partial charge in [0.2, 0.25) is 17.7 Å². The number of rotatable bonds is 11. The van der Waals surface area contributed by atoms with Crippen LogP contribution in [-0.2, 0) is 35.1 Å². The Balaban J connectivity index is 2.54. The highest BCUT2D eigenvalue weighted by Crippen LogP contribution is 2.25. The Hall–Kier alpha value is -4.85. The number of nitrogens with two attached hydrogens (primary N) is 1. The van der Waals surface area contributed by atoms with Gasteiger partial charge in [0, 0.05) is 19.0 Å². The van der Waals surface area contributed by atoms with Crippen molar-refractivity contribution in [2.75, 3.05) is 7.05 Å². The van der Waals surface area contributed by atoms with Gasteiger partial charge in [-0.05, 0) is 58.7 Å². The van der Waals surface area contributed by atoms with Crippen LogP contribution in [0.15, 0.2) is 54.6 Å². The number of primary amides is 1. The molecule has 11 nitrogen and oxygen atoms in total. The highest BCUT2D eigenvalue weighted by Gasteiger charge is 2.38. The highest BCUT2D eigenvalue weighted by atomic mass is 16.6. The summed E-state index contributed by atoms with van der Waals surface area (Å²) in [7, 11) is 1.32. The number of ether oxygens (including phenoxy) is 2. The van der Waals surface area contributed by atoms with Gasteiger partial charge in [0.15, 0.2) is 0 Å². The molecule has 11 heteroatoms. The fourth-order valence-corrected chi connectivity index (χ4v) is 4.28. The monoisotopic (exact) mass is 606 g/mol. The van der Waals surface area contributed by atoms with Crippen molar-refractivity contribution in [3.8, 4) is 12.3 Å². The fraction of sp³-hybridized carbons (Fsp3) is 0.424. The van der Waals surface area contributed by atoms with Crippen LogP contribution in [0.4, 0.5) is 4.79 Å². The number of carbonyl (C=O) groups is 5. The fourth-order valence-electron chi connectivity index (χ4n) is 4.28. The van der Waals surface area contributed by atoms with E-state index in [0.717, 1.165) is 10.5 Å². The molecule has 2 aromatic rings. The molecule has 0 aliphatic rings. The lowest BCUT2D eigenvalue weighted by Gasteiger charge is -2.33. The van der Waals surface area contributed by atoms with Crippen molar-refractivity contribution in [2.45, 2.75) is 83.7 Å². The van der Waals surface area contributed by atoms with Gasteiger partial charge < -0.3 is 30.7 Å². The number of nitrogens with one attached hydrogen (secondary N) is 2. The van der Waals surface area contributed by atoms with E-state index in [9.17, 15) is 24.0 Å². The van der Waals surface area contributed by atoms with Crippen LogP contribution >= 0.6 is 0 Å². The molecule has 0 saturated carbocycles. The molecule has 0 fully saturated rings. The minimum absolute atomic E-state index is 0.104. The van der Waals surface area contributed by atoms with E-state index in [1.54, 1.807) is 90.1 Å². The van der Waals surface area contributed by atoms with E-state index in [0.29, 0.717) is 5.56 Å². The molecule has 2 aromatic carbocycles. The molecular formula is C33H42N4O7. The Morgan fingerprint density at radius 3 is 1.98 bits per heavy atom. The number of hydrogen-bond acceptors (Lipinski definition) is 7. The molecule has 0 saturated heterocycles. The van der Waals surface area contributed by atoms with Crippen molar-refractivity contribution < 1.29 is 33.4 Å². The summed E-state index contributed by atoms with van der Waals surface area (Å²) < 4.78 is 10.9. The first-order valence-electron chi connectivity index (χ1n) is 14.1. The number of nitrogens with zero attached hydrogens (tertiary/aromatic N) is 1. The van der Waals surface area contributed by atoms with Crippen molar-refractivity contribution in [3.63, 3.8) is 0 Å². The molecule has 44 heavy (non-hydrogen) atoms. The minimum atomic E-state index is -1.47. The molecule has 2 rings (SSSR count). The molecule has 0 spiro atoms. The summed E-state index contributed by atoms with van der Waals surface area (Å²) >= 11 is 0. The summed E-state index contributed by atoms with van der Waals surface area (Å²) in [5.74, 6) is -0.593. The molecule has 3 unspecified atom stereocenters. The molecule has 0 bridgehead atoms. The van der Waals surface area contributed by atoms with Crippen LogP contribution in [-0.4, -0.2) is 65.0 Å².